The zero-order valence-corrected chi connectivity index (χ0v) is 12.9. The van der Waals surface area contributed by atoms with Crippen molar-refractivity contribution in [1.29, 1.82) is 0 Å². The predicted molar refractivity (Wildman–Crippen MR) is 53.0 cm³/mol. The van der Waals surface area contributed by atoms with E-state index >= 15 is 0 Å². The average molecular weight is 322 g/mol. The fraction of sp³-hybridized carbons (Fsp3) is 1.00. The molecule has 13 heavy (non-hydrogen) atoms. The molecular formula is C9H26Br2N2. The first kappa shape index (κ1) is 23.6. The molecule has 4 N–H and O–H groups in total. The van der Waals surface area contributed by atoms with Crippen LogP contribution < -0.4 is 40.1 Å². The minimum Gasteiger partial charge on any atom is -1.00 e. The molecule has 0 aromatic rings. The van der Waals surface area contributed by atoms with Gasteiger partial charge in [0, 0.05) is 0 Å². The molecule has 0 aromatic heterocycles. The molecular weight excluding hydrogens is 296 g/mol. The van der Waals surface area contributed by atoms with Gasteiger partial charge < -0.3 is 44.6 Å². The number of quaternary nitrogens is 2. The highest BCUT2D eigenvalue weighted by Gasteiger charge is 2.04. The van der Waals surface area contributed by atoms with Gasteiger partial charge in [-0.2, -0.15) is 0 Å². The van der Waals surface area contributed by atoms with Gasteiger partial charge in [-0.25, -0.2) is 0 Å². The van der Waals surface area contributed by atoms with Crippen molar-refractivity contribution >= 4 is 0 Å². The Labute approximate surface area is 105 Å². The van der Waals surface area contributed by atoms with Crippen molar-refractivity contribution in [2.24, 2.45) is 0 Å². The minimum absolute atomic E-state index is 0. The second kappa shape index (κ2) is 12.9. The second-order valence-corrected chi connectivity index (χ2v) is 4.07. The molecule has 0 aromatic carbocycles. The van der Waals surface area contributed by atoms with Crippen LogP contribution in [0.1, 0.15) is 32.6 Å². The van der Waals surface area contributed by atoms with Gasteiger partial charge in [-0.15, -0.1) is 0 Å². The van der Waals surface area contributed by atoms with E-state index in [2.05, 4.69) is 28.1 Å². The molecule has 0 amide bonds. The highest BCUT2D eigenvalue weighted by atomic mass is 79.9. The number of nitrogens with zero attached hydrogens (tertiary/aromatic N) is 1. The van der Waals surface area contributed by atoms with Crippen LogP contribution in [0.3, 0.4) is 0 Å². The molecule has 0 rings (SSSR count). The maximum Gasteiger partial charge on any atom is 0.0780 e. The summed E-state index contributed by atoms with van der Waals surface area (Å²) in [4.78, 5) is 0. The van der Waals surface area contributed by atoms with Crippen LogP contribution in [0.4, 0.5) is 0 Å². The predicted octanol–water partition coefficient (Wildman–Crippen LogP) is -3.34. The first-order valence-electron chi connectivity index (χ1n) is 4.36. The van der Waals surface area contributed by atoms with Gasteiger partial charge in [0.15, 0.2) is 0 Å². The number of halogens is 2. The summed E-state index contributed by atoms with van der Waals surface area (Å²) in [5.74, 6) is 0. The monoisotopic (exact) mass is 320 g/mol. The van der Waals surface area contributed by atoms with E-state index in [1.165, 1.54) is 32.2 Å². The summed E-state index contributed by atoms with van der Waals surface area (Å²) >= 11 is 0. The van der Waals surface area contributed by atoms with Crippen molar-refractivity contribution in [1.82, 2.24) is 6.15 Å². The Hall–Kier alpha value is 0.880. The number of rotatable bonds is 5. The topological polar surface area (TPSA) is 36.5 Å². The van der Waals surface area contributed by atoms with Crippen molar-refractivity contribution < 1.29 is 38.4 Å². The van der Waals surface area contributed by atoms with Crippen LogP contribution in [-0.2, 0) is 0 Å². The Kier molecular flexibility index (Phi) is 23.4. The van der Waals surface area contributed by atoms with Gasteiger partial charge in [0.25, 0.3) is 0 Å². The van der Waals surface area contributed by atoms with Gasteiger partial charge in [0.1, 0.15) is 0 Å². The van der Waals surface area contributed by atoms with Crippen LogP contribution in [-0.4, -0.2) is 32.2 Å². The molecule has 0 aliphatic carbocycles. The number of hydrogen-bond donors (Lipinski definition) is 1. The third-order valence-electron chi connectivity index (χ3n) is 1.68. The van der Waals surface area contributed by atoms with Gasteiger partial charge >= 0.3 is 0 Å². The molecule has 86 valence electrons. The Bertz CT molecular complexity index is 82.2. The second-order valence-electron chi connectivity index (χ2n) is 4.07. The highest BCUT2D eigenvalue weighted by molar-refractivity contribution is 4.38. The van der Waals surface area contributed by atoms with Gasteiger partial charge in [-0.05, 0) is 12.8 Å². The summed E-state index contributed by atoms with van der Waals surface area (Å²) in [5, 5.41) is 0. The Morgan fingerprint density at radius 1 is 0.846 bits per heavy atom. The van der Waals surface area contributed by atoms with E-state index in [9.17, 15) is 0 Å². The Morgan fingerprint density at radius 3 is 1.62 bits per heavy atom. The normalized spacial score (nSPS) is 9.23. The Balaban J connectivity index is -0.000000135. The standard InChI is InChI=1S/C9H22N.2BrH.H3N/c1-5-6-7-8-9-10(2,3)4;;;/h5-9H2,1-4H3;2*1H;1H3/q+1;;;/p-1. The van der Waals surface area contributed by atoms with E-state index in [1.807, 2.05) is 0 Å². The number of hydrogen-bond acceptors (Lipinski definition) is 0. The van der Waals surface area contributed by atoms with Gasteiger partial charge in [-0.1, -0.05) is 19.8 Å². The zero-order chi connectivity index (χ0) is 8.04. The molecule has 0 aliphatic heterocycles. The lowest BCUT2D eigenvalue weighted by Crippen LogP contribution is -3.00. The summed E-state index contributed by atoms with van der Waals surface area (Å²) in [5.41, 5.74) is 0. The molecule has 0 saturated heterocycles. The van der Waals surface area contributed by atoms with Crippen molar-refractivity contribution in [3.63, 3.8) is 0 Å². The van der Waals surface area contributed by atoms with Crippen molar-refractivity contribution in [2.45, 2.75) is 32.6 Å². The molecule has 4 heteroatoms. The molecule has 0 unspecified atom stereocenters. The summed E-state index contributed by atoms with van der Waals surface area (Å²) in [7, 11) is 6.77. The summed E-state index contributed by atoms with van der Waals surface area (Å²) in [6.07, 6.45) is 5.54. The first-order chi connectivity index (χ1) is 4.56. The molecule has 0 heterocycles. The summed E-state index contributed by atoms with van der Waals surface area (Å²) in [6.45, 7) is 3.58. The zero-order valence-electron chi connectivity index (χ0n) is 9.74. The lowest BCUT2D eigenvalue weighted by molar-refractivity contribution is -0.870. The first-order valence-corrected chi connectivity index (χ1v) is 4.36. The SMILES string of the molecule is CCCCCC[N+](C)(C)C.[Br-].[Br-].[NH4+]. The van der Waals surface area contributed by atoms with Crippen LogP contribution in [0.5, 0.6) is 0 Å². The molecule has 0 spiro atoms. The molecule has 2 nitrogen and oxygen atoms in total. The van der Waals surface area contributed by atoms with E-state index in [4.69, 9.17) is 0 Å². The molecule has 0 atom stereocenters. The van der Waals surface area contributed by atoms with Crippen molar-refractivity contribution in [3.05, 3.63) is 0 Å². The fourth-order valence-electron chi connectivity index (χ4n) is 1.01. The van der Waals surface area contributed by atoms with Crippen LogP contribution in [0, 0.1) is 0 Å². The summed E-state index contributed by atoms with van der Waals surface area (Å²) in [6, 6.07) is 0. The fourth-order valence-corrected chi connectivity index (χ4v) is 1.01. The van der Waals surface area contributed by atoms with E-state index in [0.29, 0.717) is 0 Å². The lowest BCUT2D eigenvalue weighted by Gasteiger charge is -2.23. The van der Waals surface area contributed by atoms with Crippen molar-refractivity contribution in [3.8, 4) is 0 Å². The third kappa shape index (κ3) is 24.6. The quantitative estimate of drug-likeness (QED) is 0.406. The van der Waals surface area contributed by atoms with Gasteiger partial charge in [0.2, 0.25) is 0 Å². The summed E-state index contributed by atoms with van der Waals surface area (Å²) < 4.78 is 1.11. The maximum absolute atomic E-state index is 2.26. The van der Waals surface area contributed by atoms with Crippen LogP contribution in [0.2, 0.25) is 0 Å². The van der Waals surface area contributed by atoms with Crippen LogP contribution in [0.15, 0.2) is 0 Å². The van der Waals surface area contributed by atoms with E-state index in [0.717, 1.165) is 4.48 Å². The van der Waals surface area contributed by atoms with Crippen molar-refractivity contribution in [2.75, 3.05) is 27.7 Å². The van der Waals surface area contributed by atoms with Crippen LogP contribution >= 0.6 is 0 Å². The maximum atomic E-state index is 2.26. The third-order valence-corrected chi connectivity index (χ3v) is 1.68. The van der Waals surface area contributed by atoms with E-state index in [-0.39, 0.29) is 40.1 Å². The molecule has 0 fully saturated rings. The molecule has 0 bridgehead atoms. The molecule has 0 radical (unpaired) electrons. The van der Waals surface area contributed by atoms with E-state index < -0.39 is 0 Å². The Morgan fingerprint density at radius 2 is 1.31 bits per heavy atom. The van der Waals surface area contributed by atoms with Crippen LogP contribution in [0.25, 0.3) is 0 Å². The molecule has 0 saturated carbocycles. The lowest BCUT2D eigenvalue weighted by atomic mass is 10.2. The van der Waals surface area contributed by atoms with E-state index in [1.54, 1.807) is 0 Å². The van der Waals surface area contributed by atoms with Gasteiger partial charge in [-0.3, -0.25) is 0 Å². The minimum atomic E-state index is 0. The largest absolute Gasteiger partial charge is 1.00 e. The number of unbranched alkanes of at least 4 members (excludes halogenated alkanes) is 3. The average Bonchev–Trinajstić information content (AvgIpc) is 1.78. The van der Waals surface area contributed by atoms with Gasteiger partial charge in [0.05, 0.1) is 27.7 Å². The smallest absolute Gasteiger partial charge is 0.0780 e. The molecule has 0 aliphatic rings. The highest BCUT2D eigenvalue weighted by Crippen LogP contribution is 2.01.